The highest BCUT2D eigenvalue weighted by Gasteiger charge is 2.32. The molecule has 0 atom stereocenters. The summed E-state index contributed by atoms with van der Waals surface area (Å²) in [4.78, 5) is 16.6. The van der Waals surface area contributed by atoms with Crippen molar-refractivity contribution in [2.45, 2.75) is 31.8 Å². The lowest BCUT2D eigenvalue weighted by atomic mass is 10.2. The summed E-state index contributed by atoms with van der Waals surface area (Å²) in [5.41, 5.74) is 1.39. The third kappa shape index (κ3) is 4.68. The Bertz CT molecular complexity index is 783. The van der Waals surface area contributed by atoms with Crippen molar-refractivity contribution in [2.75, 3.05) is 18.0 Å². The minimum absolute atomic E-state index is 0.0605. The molecule has 26 heavy (non-hydrogen) atoms. The molecule has 0 aliphatic heterocycles. The first-order valence-corrected chi connectivity index (χ1v) is 8.89. The van der Waals surface area contributed by atoms with Crippen LogP contribution in [0.5, 0.6) is 0 Å². The molecule has 1 aliphatic carbocycles. The van der Waals surface area contributed by atoms with Gasteiger partial charge in [0.15, 0.2) is 0 Å². The average molecular weight is 351 g/mol. The van der Waals surface area contributed by atoms with Gasteiger partial charge in [-0.15, -0.1) is 0 Å². The maximum Gasteiger partial charge on any atom is 0.241 e. The van der Waals surface area contributed by atoms with Crippen molar-refractivity contribution in [3.63, 3.8) is 0 Å². The monoisotopic (exact) mass is 351 g/mol. The predicted molar refractivity (Wildman–Crippen MR) is 98.9 cm³/mol. The van der Waals surface area contributed by atoms with E-state index in [9.17, 15) is 9.18 Å². The number of nitriles is 1. The zero-order valence-electron chi connectivity index (χ0n) is 14.6. The maximum absolute atomic E-state index is 14.0. The second-order valence-corrected chi connectivity index (χ2v) is 6.52. The minimum Gasteiger partial charge on any atom is -0.310 e. The Kier molecular flexibility index (Phi) is 5.98. The van der Waals surface area contributed by atoms with E-state index in [1.54, 1.807) is 17.0 Å². The number of rotatable bonds is 8. The number of anilines is 1. The van der Waals surface area contributed by atoms with Gasteiger partial charge >= 0.3 is 0 Å². The molecule has 0 unspecified atom stereocenters. The molecule has 1 fully saturated rings. The molecule has 0 saturated heterocycles. The molecule has 5 heteroatoms. The van der Waals surface area contributed by atoms with Crippen molar-refractivity contribution < 1.29 is 9.18 Å². The summed E-state index contributed by atoms with van der Waals surface area (Å²) in [5.74, 6) is -0.301. The van der Waals surface area contributed by atoms with Crippen LogP contribution in [0.3, 0.4) is 0 Å². The van der Waals surface area contributed by atoms with E-state index in [1.807, 2.05) is 41.3 Å². The van der Waals surface area contributed by atoms with Crippen LogP contribution in [-0.4, -0.2) is 29.9 Å². The number of benzene rings is 2. The third-order valence-electron chi connectivity index (χ3n) is 4.55. The molecule has 134 valence electrons. The zero-order chi connectivity index (χ0) is 18.4. The number of halogens is 1. The summed E-state index contributed by atoms with van der Waals surface area (Å²) in [5, 5.41) is 8.91. The Morgan fingerprint density at radius 3 is 2.46 bits per heavy atom. The van der Waals surface area contributed by atoms with Crippen LogP contribution >= 0.6 is 0 Å². The first-order chi connectivity index (χ1) is 12.7. The molecule has 0 bridgehead atoms. The van der Waals surface area contributed by atoms with Crippen LogP contribution in [-0.2, 0) is 11.3 Å². The number of amides is 1. The lowest BCUT2D eigenvalue weighted by Crippen LogP contribution is -2.41. The summed E-state index contributed by atoms with van der Waals surface area (Å²) in [7, 11) is 0. The second kappa shape index (κ2) is 8.59. The van der Waals surface area contributed by atoms with Gasteiger partial charge in [-0.05, 0) is 31.0 Å². The van der Waals surface area contributed by atoms with Crippen LogP contribution in [0.15, 0.2) is 54.6 Å². The molecule has 2 aromatic rings. The van der Waals surface area contributed by atoms with E-state index in [1.165, 1.54) is 6.07 Å². The van der Waals surface area contributed by atoms with Crippen molar-refractivity contribution in [3.05, 3.63) is 66.0 Å². The van der Waals surface area contributed by atoms with Gasteiger partial charge < -0.3 is 4.90 Å². The Morgan fingerprint density at radius 2 is 1.81 bits per heavy atom. The summed E-state index contributed by atoms with van der Waals surface area (Å²) in [6, 6.07) is 18.5. The highest BCUT2D eigenvalue weighted by molar-refractivity contribution is 5.94. The molecule has 3 rings (SSSR count). The van der Waals surface area contributed by atoms with E-state index in [2.05, 4.69) is 6.07 Å². The number of carbonyl (C=O) groups is 1. The van der Waals surface area contributed by atoms with E-state index in [-0.39, 0.29) is 24.7 Å². The number of hydrogen-bond donors (Lipinski definition) is 0. The predicted octanol–water partition coefficient (Wildman–Crippen LogP) is 3.74. The standard InChI is InChI=1S/C21H22FN3O/c22-20-10-5-4-7-17(20)15-24(18-11-12-18)16-21(26)25(14-6-13-23)19-8-2-1-3-9-19/h1-5,7-10,18H,6,11-12,14-16H2. The Morgan fingerprint density at radius 1 is 1.12 bits per heavy atom. The van der Waals surface area contributed by atoms with Gasteiger partial charge in [0.25, 0.3) is 0 Å². The van der Waals surface area contributed by atoms with E-state index in [4.69, 9.17) is 5.26 Å². The molecule has 2 aromatic carbocycles. The third-order valence-corrected chi connectivity index (χ3v) is 4.55. The number of hydrogen-bond acceptors (Lipinski definition) is 3. The molecule has 1 aliphatic rings. The molecular formula is C21H22FN3O. The molecule has 1 saturated carbocycles. The molecule has 0 radical (unpaired) electrons. The van der Waals surface area contributed by atoms with Gasteiger partial charge in [-0.1, -0.05) is 36.4 Å². The summed E-state index contributed by atoms with van der Waals surface area (Å²) in [6.45, 7) is 1.00. The lowest BCUT2D eigenvalue weighted by Gasteiger charge is -2.27. The summed E-state index contributed by atoms with van der Waals surface area (Å²) < 4.78 is 14.0. The molecule has 1 amide bonds. The fraction of sp³-hybridized carbons (Fsp3) is 0.333. The Labute approximate surface area is 153 Å². The van der Waals surface area contributed by atoms with E-state index in [0.717, 1.165) is 18.5 Å². The van der Waals surface area contributed by atoms with Gasteiger partial charge in [-0.3, -0.25) is 9.69 Å². The molecular weight excluding hydrogens is 329 g/mol. The Balaban J connectivity index is 1.73. The molecule has 0 N–H and O–H groups in total. The van der Waals surface area contributed by atoms with Crippen LogP contribution in [0.4, 0.5) is 10.1 Å². The molecule has 0 aromatic heterocycles. The van der Waals surface area contributed by atoms with Gasteiger partial charge in [0.05, 0.1) is 19.0 Å². The largest absolute Gasteiger partial charge is 0.310 e. The lowest BCUT2D eigenvalue weighted by molar-refractivity contribution is -0.120. The van der Waals surface area contributed by atoms with Crippen molar-refractivity contribution in [3.8, 4) is 6.07 Å². The van der Waals surface area contributed by atoms with E-state index in [0.29, 0.717) is 24.7 Å². The minimum atomic E-state index is -0.241. The van der Waals surface area contributed by atoms with Crippen LogP contribution in [0.1, 0.15) is 24.8 Å². The number of para-hydroxylation sites is 1. The second-order valence-electron chi connectivity index (χ2n) is 6.52. The van der Waals surface area contributed by atoms with E-state index >= 15 is 0 Å². The van der Waals surface area contributed by atoms with Crippen LogP contribution in [0.25, 0.3) is 0 Å². The van der Waals surface area contributed by atoms with Gasteiger partial charge in [0.2, 0.25) is 5.91 Å². The molecule has 4 nitrogen and oxygen atoms in total. The molecule has 0 spiro atoms. The van der Waals surface area contributed by atoms with Crippen LogP contribution < -0.4 is 4.90 Å². The topological polar surface area (TPSA) is 47.3 Å². The summed E-state index contributed by atoms with van der Waals surface area (Å²) >= 11 is 0. The Hall–Kier alpha value is -2.71. The van der Waals surface area contributed by atoms with Crippen molar-refractivity contribution in [2.24, 2.45) is 0 Å². The quantitative estimate of drug-likeness (QED) is 0.728. The van der Waals surface area contributed by atoms with Gasteiger partial charge in [-0.2, -0.15) is 5.26 Å². The molecule has 0 heterocycles. The normalized spacial score (nSPS) is 13.4. The number of carbonyl (C=O) groups excluding carboxylic acids is 1. The van der Waals surface area contributed by atoms with Crippen molar-refractivity contribution >= 4 is 11.6 Å². The fourth-order valence-corrected chi connectivity index (χ4v) is 3.03. The van der Waals surface area contributed by atoms with E-state index < -0.39 is 0 Å². The average Bonchev–Trinajstić information content (AvgIpc) is 3.49. The first-order valence-electron chi connectivity index (χ1n) is 8.89. The fourth-order valence-electron chi connectivity index (χ4n) is 3.03. The zero-order valence-corrected chi connectivity index (χ0v) is 14.6. The number of nitrogens with zero attached hydrogens (tertiary/aromatic N) is 3. The van der Waals surface area contributed by atoms with Gasteiger partial charge in [-0.25, -0.2) is 4.39 Å². The summed E-state index contributed by atoms with van der Waals surface area (Å²) in [6.07, 6.45) is 2.34. The highest BCUT2D eigenvalue weighted by atomic mass is 19.1. The first kappa shape index (κ1) is 18.1. The van der Waals surface area contributed by atoms with Crippen molar-refractivity contribution in [1.82, 2.24) is 4.90 Å². The van der Waals surface area contributed by atoms with Gasteiger partial charge in [0.1, 0.15) is 5.82 Å². The van der Waals surface area contributed by atoms with Crippen LogP contribution in [0, 0.1) is 17.1 Å². The van der Waals surface area contributed by atoms with Crippen molar-refractivity contribution in [1.29, 1.82) is 5.26 Å². The smallest absolute Gasteiger partial charge is 0.241 e. The highest BCUT2D eigenvalue weighted by Crippen LogP contribution is 2.29. The maximum atomic E-state index is 14.0. The van der Waals surface area contributed by atoms with Gasteiger partial charge in [0, 0.05) is 30.4 Å². The SMILES string of the molecule is N#CCCN(C(=O)CN(Cc1ccccc1F)C1CC1)c1ccccc1. The van der Waals surface area contributed by atoms with Crippen LogP contribution in [0.2, 0.25) is 0 Å².